The monoisotopic (exact) mass is 425 g/mol. The Morgan fingerprint density at radius 1 is 1.21 bits per heavy atom. The number of likely N-dealkylation sites (tertiary alicyclic amines) is 1. The molecule has 0 unspecified atom stereocenters. The van der Waals surface area contributed by atoms with E-state index in [1.807, 2.05) is 29.1 Å². The van der Waals surface area contributed by atoms with Gasteiger partial charge in [-0.3, -0.25) is 4.79 Å². The molecular formula is C19H24ClN3O4S. The lowest BCUT2D eigenvalue weighted by atomic mass is 10.0. The van der Waals surface area contributed by atoms with Gasteiger partial charge >= 0.3 is 0 Å². The number of sulfonamides is 1. The molecule has 1 aliphatic rings. The summed E-state index contributed by atoms with van der Waals surface area (Å²) in [5.41, 5.74) is 1.13. The van der Waals surface area contributed by atoms with E-state index in [0.717, 1.165) is 5.69 Å². The Bertz CT molecular complexity index is 952. The third-order valence-electron chi connectivity index (χ3n) is 5.17. The van der Waals surface area contributed by atoms with E-state index in [9.17, 15) is 13.2 Å². The minimum absolute atomic E-state index is 0.0966. The van der Waals surface area contributed by atoms with Crippen LogP contribution in [0.25, 0.3) is 5.69 Å². The fraction of sp³-hybridized carbons (Fsp3) is 0.421. The van der Waals surface area contributed by atoms with Crippen LogP contribution in [0.3, 0.4) is 0 Å². The molecule has 2 aromatic rings. The third-order valence-corrected chi connectivity index (χ3v) is 6.82. The van der Waals surface area contributed by atoms with Crippen LogP contribution in [-0.4, -0.2) is 67.6 Å². The van der Waals surface area contributed by atoms with Crippen molar-refractivity contribution in [1.29, 1.82) is 0 Å². The summed E-state index contributed by atoms with van der Waals surface area (Å²) < 4.78 is 32.1. The quantitative estimate of drug-likeness (QED) is 0.738. The molecule has 0 aliphatic carbocycles. The molecule has 7 nitrogen and oxygen atoms in total. The summed E-state index contributed by atoms with van der Waals surface area (Å²) in [5.74, 6) is 0.284. The Balaban J connectivity index is 1.79. The lowest BCUT2D eigenvalue weighted by Gasteiger charge is -2.35. The van der Waals surface area contributed by atoms with Gasteiger partial charge in [-0.05, 0) is 31.0 Å². The highest BCUT2D eigenvalue weighted by atomic mass is 35.5. The van der Waals surface area contributed by atoms with E-state index in [4.69, 9.17) is 16.3 Å². The molecule has 0 bridgehead atoms. The summed E-state index contributed by atoms with van der Waals surface area (Å²) in [6.45, 7) is 0.951. The number of carbonyl (C=O) groups is 1. The fourth-order valence-corrected chi connectivity index (χ4v) is 4.46. The van der Waals surface area contributed by atoms with Crippen molar-refractivity contribution in [2.24, 2.45) is 0 Å². The van der Waals surface area contributed by atoms with E-state index in [2.05, 4.69) is 0 Å². The molecule has 9 heteroatoms. The molecule has 3 rings (SSSR count). The number of piperidine rings is 1. The van der Waals surface area contributed by atoms with Crippen LogP contribution >= 0.6 is 11.6 Å². The summed E-state index contributed by atoms with van der Waals surface area (Å²) in [4.78, 5) is 14.8. The molecule has 0 spiro atoms. The van der Waals surface area contributed by atoms with Crippen LogP contribution in [0.2, 0.25) is 5.02 Å². The van der Waals surface area contributed by atoms with Crippen molar-refractivity contribution in [2.75, 3.05) is 33.5 Å². The van der Waals surface area contributed by atoms with Gasteiger partial charge in [0.25, 0.3) is 5.91 Å². The average molecular weight is 426 g/mol. The third kappa shape index (κ3) is 4.19. The maximum Gasteiger partial charge on any atom is 0.257 e. The minimum Gasteiger partial charge on any atom is -0.496 e. The van der Waals surface area contributed by atoms with Gasteiger partial charge < -0.3 is 14.2 Å². The van der Waals surface area contributed by atoms with E-state index in [1.165, 1.54) is 17.7 Å². The maximum atomic E-state index is 13.1. The lowest BCUT2D eigenvalue weighted by molar-refractivity contribution is 0.0683. The molecule has 0 N–H and O–H groups in total. The van der Waals surface area contributed by atoms with Gasteiger partial charge in [0.05, 0.1) is 29.6 Å². The normalized spacial score (nSPS) is 15.8. The molecule has 2 heterocycles. The summed E-state index contributed by atoms with van der Waals surface area (Å²) in [6.07, 6.45) is 6.11. The summed E-state index contributed by atoms with van der Waals surface area (Å²) >= 11 is 6.43. The number of aromatic nitrogens is 1. The number of nitrogens with zero attached hydrogens (tertiary/aromatic N) is 3. The van der Waals surface area contributed by atoms with Crippen molar-refractivity contribution >= 4 is 27.5 Å². The van der Waals surface area contributed by atoms with Crippen molar-refractivity contribution in [3.05, 3.63) is 47.2 Å². The second kappa shape index (κ2) is 8.14. The fourth-order valence-electron chi connectivity index (χ4n) is 3.45. The first-order valence-electron chi connectivity index (χ1n) is 8.95. The van der Waals surface area contributed by atoms with E-state index in [1.54, 1.807) is 24.1 Å². The van der Waals surface area contributed by atoms with Gasteiger partial charge in [-0.25, -0.2) is 12.7 Å². The van der Waals surface area contributed by atoms with E-state index >= 15 is 0 Å². The topological polar surface area (TPSA) is 71.8 Å². The zero-order valence-corrected chi connectivity index (χ0v) is 17.7. The van der Waals surface area contributed by atoms with Gasteiger partial charge in [-0.1, -0.05) is 11.6 Å². The Hall–Kier alpha value is -2.03. The molecule has 1 saturated heterocycles. The van der Waals surface area contributed by atoms with Crippen molar-refractivity contribution < 1.29 is 17.9 Å². The van der Waals surface area contributed by atoms with Crippen LogP contribution in [0.1, 0.15) is 23.2 Å². The van der Waals surface area contributed by atoms with E-state index < -0.39 is 10.0 Å². The minimum atomic E-state index is -3.24. The smallest absolute Gasteiger partial charge is 0.257 e. The highest BCUT2D eigenvalue weighted by Gasteiger charge is 2.30. The Morgan fingerprint density at radius 2 is 1.82 bits per heavy atom. The van der Waals surface area contributed by atoms with Crippen molar-refractivity contribution in [1.82, 2.24) is 13.8 Å². The Labute approximate surface area is 170 Å². The Kier molecular flexibility index (Phi) is 6.02. The molecule has 1 amide bonds. The van der Waals surface area contributed by atoms with Crippen LogP contribution in [0.5, 0.6) is 5.75 Å². The van der Waals surface area contributed by atoms with Crippen LogP contribution < -0.4 is 4.74 Å². The first-order valence-corrected chi connectivity index (χ1v) is 11.2. The van der Waals surface area contributed by atoms with Crippen LogP contribution in [-0.2, 0) is 10.0 Å². The molecule has 28 heavy (non-hydrogen) atoms. The SMILES string of the molecule is COc1cc(-n2cccc2)c(Cl)cc1C(=O)N1CCC(N(C)S(C)(=O)=O)CC1. The van der Waals surface area contributed by atoms with E-state index in [0.29, 0.717) is 42.3 Å². The number of carbonyl (C=O) groups excluding carboxylic acids is 1. The van der Waals surface area contributed by atoms with Crippen molar-refractivity contribution in [3.8, 4) is 11.4 Å². The first-order chi connectivity index (χ1) is 13.2. The summed E-state index contributed by atoms with van der Waals surface area (Å²) in [6, 6.07) is 7.06. The number of benzene rings is 1. The number of amides is 1. The number of hydrogen-bond donors (Lipinski definition) is 0. The van der Waals surface area contributed by atoms with Gasteiger partial charge in [0.15, 0.2) is 0 Å². The largest absolute Gasteiger partial charge is 0.496 e. The predicted molar refractivity (Wildman–Crippen MR) is 109 cm³/mol. The molecule has 0 atom stereocenters. The number of methoxy groups -OCH3 is 1. The zero-order valence-electron chi connectivity index (χ0n) is 16.1. The molecule has 1 aromatic heterocycles. The number of rotatable bonds is 5. The van der Waals surface area contributed by atoms with Crippen LogP contribution in [0.4, 0.5) is 0 Å². The summed E-state index contributed by atoms with van der Waals surface area (Å²) in [7, 11) is -0.141. The average Bonchev–Trinajstić information content (AvgIpc) is 3.20. The maximum absolute atomic E-state index is 13.1. The Morgan fingerprint density at radius 3 is 2.36 bits per heavy atom. The zero-order chi connectivity index (χ0) is 20.5. The number of halogens is 1. The highest BCUT2D eigenvalue weighted by molar-refractivity contribution is 7.88. The standard InChI is InChI=1S/C19H24ClN3O4S/c1-21(28(3,25)26)14-6-10-23(11-7-14)19(24)15-12-16(20)17(13-18(15)27-2)22-8-4-5-9-22/h4-5,8-9,12-14H,6-7,10-11H2,1-3H3. The predicted octanol–water partition coefficient (Wildman–Crippen LogP) is 2.64. The van der Waals surface area contributed by atoms with Gasteiger partial charge in [-0.2, -0.15) is 0 Å². The van der Waals surface area contributed by atoms with Gasteiger partial charge in [-0.15, -0.1) is 0 Å². The number of hydrogen-bond acceptors (Lipinski definition) is 4. The van der Waals surface area contributed by atoms with Gasteiger partial charge in [0.1, 0.15) is 5.75 Å². The molecule has 1 aromatic carbocycles. The molecule has 1 fully saturated rings. The van der Waals surface area contributed by atoms with Crippen LogP contribution in [0, 0.1) is 0 Å². The number of ether oxygens (including phenoxy) is 1. The van der Waals surface area contributed by atoms with Gasteiger partial charge in [0, 0.05) is 44.6 Å². The lowest BCUT2D eigenvalue weighted by Crippen LogP contribution is -2.47. The molecule has 0 saturated carbocycles. The van der Waals surface area contributed by atoms with E-state index in [-0.39, 0.29) is 11.9 Å². The first kappa shape index (κ1) is 20.7. The molecule has 0 radical (unpaired) electrons. The highest BCUT2D eigenvalue weighted by Crippen LogP contribution is 2.31. The van der Waals surface area contributed by atoms with Gasteiger partial charge in [0.2, 0.25) is 10.0 Å². The molecule has 152 valence electrons. The summed E-state index contributed by atoms with van der Waals surface area (Å²) in [5, 5.41) is 0.451. The van der Waals surface area contributed by atoms with Crippen molar-refractivity contribution in [2.45, 2.75) is 18.9 Å². The molecular weight excluding hydrogens is 402 g/mol. The van der Waals surface area contributed by atoms with Crippen LogP contribution in [0.15, 0.2) is 36.7 Å². The second-order valence-corrected chi connectivity index (χ2v) is 9.35. The van der Waals surface area contributed by atoms with Crippen molar-refractivity contribution in [3.63, 3.8) is 0 Å². The molecule has 1 aliphatic heterocycles. The second-order valence-electron chi connectivity index (χ2n) is 6.90.